The number of aryl methyl sites for hydroxylation is 1. The standard InChI is InChI=1S/C26H28N8O2/c1-26(2,3)36-25(35)33-9-7-32(8-10-33)21-5-6-23(28-15-21)22-11-18(20-14-29-31(4)16-20)17-34-24(22)19(12-27)13-30-34/h5-6,11,13-17H,7-10H2,1-4H3. The minimum absolute atomic E-state index is 0.276. The van der Waals surface area contributed by atoms with Crippen LogP contribution in [-0.4, -0.2) is 67.2 Å². The molecule has 0 atom stereocenters. The van der Waals surface area contributed by atoms with Gasteiger partial charge in [-0.2, -0.15) is 15.5 Å². The molecule has 0 spiro atoms. The fraction of sp³-hybridized carbons (Fsp3) is 0.346. The first-order chi connectivity index (χ1) is 17.2. The molecule has 0 unspecified atom stereocenters. The number of hydrogen-bond donors (Lipinski definition) is 0. The minimum atomic E-state index is -0.505. The van der Waals surface area contributed by atoms with Crippen LogP contribution in [0.5, 0.6) is 0 Å². The number of aromatic nitrogens is 5. The Bertz CT molecular complexity index is 1450. The second kappa shape index (κ2) is 9.00. The molecule has 1 aliphatic rings. The van der Waals surface area contributed by atoms with Gasteiger partial charge in [-0.15, -0.1) is 0 Å². The molecule has 184 valence electrons. The first kappa shape index (κ1) is 23.4. The Hall–Kier alpha value is -4.39. The molecule has 0 bridgehead atoms. The second-order valence-corrected chi connectivity index (χ2v) is 9.86. The summed E-state index contributed by atoms with van der Waals surface area (Å²) in [6, 6.07) is 8.25. The number of rotatable bonds is 3. The summed E-state index contributed by atoms with van der Waals surface area (Å²) >= 11 is 0. The van der Waals surface area contributed by atoms with E-state index in [2.05, 4.69) is 21.2 Å². The number of amides is 1. The average molecular weight is 485 g/mol. The lowest BCUT2D eigenvalue weighted by Crippen LogP contribution is -2.50. The van der Waals surface area contributed by atoms with E-state index in [1.54, 1.807) is 26.5 Å². The number of fused-ring (bicyclic) bond motifs is 1. The fourth-order valence-electron chi connectivity index (χ4n) is 4.33. The number of nitriles is 1. The van der Waals surface area contributed by atoms with Gasteiger partial charge in [0, 0.05) is 62.3 Å². The number of hydrogen-bond acceptors (Lipinski definition) is 7. The molecule has 0 radical (unpaired) electrons. The lowest BCUT2D eigenvalue weighted by atomic mass is 10.0. The van der Waals surface area contributed by atoms with E-state index < -0.39 is 5.60 Å². The van der Waals surface area contributed by atoms with E-state index in [1.165, 1.54) is 0 Å². The van der Waals surface area contributed by atoms with Crippen LogP contribution in [-0.2, 0) is 11.8 Å². The van der Waals surface area contributed by atoms with Crippen molar-refractivity contribution in [1.29, 1.82) is 5.26 Å². The zero-order chi connectivity index (χ0) is 25.4. The summed E-state index contributed by atoms with van der Waals surface area (Å²) in [6.45, 7) is 8.19. The van der Waals surface area contributed by atoms with Crippen LogP contribution >= 0.6 is 0 Å². The zero-order valence-electron chi connectivity index (χ0n) is 20.8. The Morgan fingerprint density at radius 2 is 1.81 bits per heavy atom. The number of nitrogens with zero attached hydrogens (tertiary/aromatic N) is 8. The van der Waals surface area contributed by atoms with Crippen LogP contribution in [0, 0.1) is 11.3 Å². The van der Waals surface area contributed by atoms with Gasteiger partial charge >= 0.3 is 6.09 Å². The van der Waals surface area contributed by atoms with Crippen LogP contribution in [0.1, 0.15) is 26.3 Å². The maximum atomic E-state index is 12.4. The lowest BCUT2D eigenvalue weighted by Gasteiger charge is -2.36. The summed E-state index contributed by atoms with van der Waals surface area (Å²) in [6.07, 6.45) is 8.77. The SMILES string of the molecule is Cn1cc(-c2cc(-c3ccc(N4CCN(C(=O)OC(C)(C)C)CC4)cn3)c3c(C#N)cnn3c2)cn1. The molecule has 5 heterocycles. The average Bonchev–Trinajstić information content (AvgIpc) is 3.48. The number of carbonyl (C=O) groups excluding carboxylic acids is 1. The monoisotopic (exact) mass is 484 g/mol. The molecule has 4 aromatic rings. The van der Waals surface area contributed by atoms with E-state index >= 15 is 0 Å². The largest absolute Gasteiger partial charge is 0.444 e. The van der Waals surface area contributed by atoms with Gasteiger partial charge in [-0.05, 0) is 39.0 Å². The van der Waals surface area contributed by atoms with Crippen molar-refractivity contribution in [2.45, 2.75) is 26.4 Å². The van der Waals surface area contributed by atoms with Gasteiger partial charge in [-0.3, -0.25) is 9.67 Å². The maximum absolute atomic E-state index is 12.4. The summed E-state index contributed by atoms with van der Waals surface area (Å²) in [5, 5.41) is 18.3. The number of pyridine rings is 2. The Morgan fingerprint density at radius 3 is 2.42 bits per heavy atom. The van der Waals surface area contributed by atoms with Crippen molar-refractivity contribution < 1.29 is 9.53 Å². The van der Waals surface area contributed by atoms with Gasteiger partial charge < -0.3 is 14.5 Å². The smallest absolute Gasteiger partial charge is 0.410 e. The highest BCUT2D eigenvalue weighted by Gasteiger charge is 2.26. The van der Waals surface area contributed by atoms with Crippen molar-refractivity contribution in [3.8, 4) is 28.5 Å². The molecule has 1 saturated heterocycles. The topological polar surface area (TPSA) is 105 Å². The highest BCUT2D eigenvalue weighted by Crippen LogP contribution is 2.31. The molecule has 10 heteroatoms. The third-order valence-electron chi connectivity index (χ3n) is 6.09. The third kappa shape index (κ3) is 4.60. The maximum Gasteiger partial charge on any atom is 0.410 e. The Kier molecular flexibility index (Phi) is 5.84. The van der Waals surface area contributed by atoms with Crippen molar-refractivity contribution in [2.75, 3.05) is 31.1 Å². The van der Waals surface area contributed by atoms with Crippen molar-refractivity contribution in [3.63, 3.8) is 0 Å². The summed E-state index contributed by atoms with van der Waals surface area (Å²) < 4.78 is 8.97. The summed E-state index contributed by atoms with van der Waals surface area (Å²) in [5.41, 5.74) is 5.15. The highest BCUT2D eigenvalue weighted by atomic mass is 16.6. The van der Waals surface area contributed by atoms with Crippen LogP contribution in [0.4, 0.5) is 10.5 Å². The van der Waals surface area contributed by atoms with Gasteiger partial charge in [0.1, 0.15) is 11.7 Å². The summed E-state index contributed by atoms with van der Waals surface area (Å²) in [7, 11) is 1.87. The van der Waals surface area contributed by atoms with Crippen molar-refractivity contribution >= 4 is 17.3 Å². The molecule has 36 heavy (non-hydrogen) atoms. The Labute approximate surface area is 209 Å². The molecule has 1 aliphatic heterocycles. The van der Waals surface area contributed by atoms with Gasteiger partial charge in [-0.1, -0.05) is 0 Å². The number of ether oxygens (including phenoxy) is 1. The first-order valence-corrected chi connectivity index (χ1v) is 11.8. The molecule has 1 fully saturated rings. The molecular weight excluding hydrogens is 456 g/mol. The van der Waals surface area contributed by atoms with E-state index in [4.69, 9.17) is 9.72 Å². The van der Waals surface area contributed by atoms with Crippen molar-refractivity contribution in [1.82, 2.24) is 29.3 Å². The van der Waals surface area contributed by atoms with Crippen LogP contribution in [0.25, 0.3) is 27.9 Å². The van der Waals surface area contributed by atoms with E-state index in [9.17, 15) is 10.1 Å². The van der Waals surface area contributed by atoms with Crippen LogP contribution in [0.3, 0.4) is 0 Å². The van der Waals surface area contributed by atoms with E-state index in [0.29, 0.717) is 31.7 Å². The molecule has 0 aliphatic carbocycles. The van der Waals surface area contributed by atoms with E-state index in [-0.39, 0.29) is 6.09 Å². The van der Waals surface area contributed by atoms with E-state index in [0.717, 1.165) is 33.6 Å². The summed E-state index contributed by atoms with van der Waals surface area (Å²) in [5.74, 6) is 0. The Balaban J connectivity index is 1.40. The van der Waals surface area contributed by atoms with Crippen molar-refractivity contribution in [2.24, 2.45) is 7.05 Å². The van der Waals surface area contributed by atoms with Crippen LogP contribution in [0.2, 0.25) is 0 Å². The quantitative estimate of drug-likeness (QED) is 0.436. The third-order valence-corrected chi connectivity index (χ3v) is 6.09. The first-order valence-electron chi connectivity index (χ1n) is 11.8. The molecule has 4 aromatic heterocycles. The second-order valence-electron chi connectivity index (χ2n) is 9.86. The van der Waals surface area contributed by atoms with Gasteiger partial charge in [0.25, 0.3) is 0 Å². The fourth-order valence-corrected chi connectivity index (χ4v) is 4.33. The lowest BCUT2D eigenvalue weighted by molar-refractivity contribution is 0.0240. The molecule has 0 aromatic carbocycles. The molecule has 0 N–H and O–H groups in total. The number of anilines is 1. The van der Waals surface area contributed by atoms with E-state index in [1.807, 2.05) is 64.6 Å². The van der Waals surface area contributed by atoms with Gasteiger partial charge in [0.2, 0.25) is 0 Å². The molecular formula is C26H28N8O2. The van der Waals surface area contributed by atoms with Gasteiger partial charge in [-0.25, -0.2) is 9.31 Å². The normalized spacial score (nSPS) is 14.2. The Morgan fingerprint density at radius 1 is 1.03 bits per heavy atom. The van der Waals surface area contributed by atoms with Crippen molar-refractivity contribution in [3.05, 3.63) is 54.7 Å². The van der Waals surface area contributed by atoms with Crippen LogP contribution in [0.15, 0.2) is 49.2 Å². The predicted octanol–water partition coefficient (Wildman–Crippen LogP) is 3.73. The van der Waals surface area contributed by atoms with Gasteiger partial charge in [0.05, 0.1) is 41.1 Å². The van der Waals surface area contributed by atoms with Gasteiger partial charge in [0.15, 0.2) is 0 Å². The number of piperazine rings is 1. The minimum Gasteiger partial charge on any atom is -0.444 e. The highest BCUT2D eigenvalue weighted by molar-refractivity contribution is 5.86. The number of carbonyl (C=O) groups is 1. The summed E-state index contributed by atoms with van der Waals surface area (Å²) in [4.78, 5) is 21.1. The molecule has 1 amide bonds. The predicted molar refractivity (Wildman–Crippen MR) is 135 cm³/mol. The van der Waals surface area contributed by atoms with Crippen LogP contribution < -0.4 is 4.90 Å². The zero-order valence-corrected chi connectivity index (χ0v) is 20.8. The molecule has 0 saturated carbocycles. The molecule has 5 rings (SSSR count). The molecule has 10 nitrogen and oxygen atoms in total.